The molecular weight excluding hydrogens is 243 g/mol. The Morgan fingerprint density at radius 3 is 2.68 bits per heavy atom. The molecule has 0 radical (unpaired) electrons. The van der Waals surface area contributed by atoms with Crippen LogP contribution in [0.2, 0.25) is 0 Å². The van der Waals surface area contributed by atoms with Crippen LogP contribution in [0.3, 0.4) is 0 Å². The van der Waals surface area contributed by atoms with Crippen LogP contribution in [0, 0.1) is 12.7 Å². The van der Waals surface area contributed by atoms with E-state index in [1.807, 2.05) is 43.6 Å². The topological polar surface area (TPSA) is 33.1 Å². The van der Waals surface area contributed by atoms with E-state index >= 15 is 0 Å². The maximum absolute atomic E-state index is 13.7. The number of aryl methyl sites for hydroxylation is 1. The van der Waals surface area contributed by atoms with Gasteiger partial charge in [-0.2, -0.15) is 0 Å². The van der Waals surface area contributed by atoms with Crippen molar-refractivity contribution in [1.29, 1.82) is 0 Å². The quantitative estimate of drug-likeness (QED) is 0.919. The van der Waals surface area contributed by atoms with Crippen LogP contribution in [0.25, 0.3) is 0 Å². The first-order valence-electron chi connectivity index (χ1n) is 6.17. The molecule has 5 heteroatoms. The van der Waals surface area contributed by atoms with E-state index in [2.05, 4.69) is 10.3 Å². The molecule has 19 heavy (non-hydrogen) atoms. The summed E-state index contributed by atoms with van der Waals surface area (Å²) in [6, 6.07) is 5.17. The number of rotatable bonds is 4. The number of halogens is 1. The Bertz CT molecular complexity index is 575. The molecule has 0 atom stereocenters. The fourth-order valence-electron chi connectivity index (χ4n) is 1.96. The van der Waals surface area contributed by atoms with Crippen LogP contribution in [0.5, 0.6) is 0 Å². The SMILES string of the molecule is Cc1ccc(NCc2cnc(N(C)C)n2C)c(F)c1. The van der Waals surface area contributed by atoms with Gasteiger partial charge in [-0.05, 0) is 24.6 Å². The number of hydrogen-bond acceptors (Lipinski definition) is 3. The molecule has 0 aliphatic carbocycles. The lowest BCUT2D eigenvalue weighted by atomic mass is 10.2. The maximum atomic E-state index is 13.7. The Morgan fingerprint density at radius 2 is 2.11 bits per heavy atom. The first-order valence-corrected chi connectivity index (χ1v) is 6.17. The molecule has 0 bridgehead atoms. The van der Waals surface area contributed by atoms with Gasteiger partial charge in [0.1, 0.15) is 5.82 Å². The van der Waals surface area contributed by atoms with Crippen molar-refractivity contribution in [3.05, 3.63) is 41.5 Å². The van der Waals surface area contributed by atoms with Crippen molar-refractivity contribution in [2.75, 3.05) is 24.3 Å². The first kappa shape index (κ1) is 13.4. The second-order valence-corrected chi connectivity index (χ2v) is 4.84. The van der Waals surface area contributed by atoms with E-state index in [1.165, 1.54) is 6.07 Å². The van der Waals surface area contributed by atoms with E-state index in [0.29, 0.717) is 12.2 Å². The van der Waals surface area contributed by atoms with E-state index < -0.39 is 0 Å². The van der Waals surface area contributed by atoms with E-state index in [0.717, 1.165) is 17.2 Å². The minimum atomic E-state index is -0.227. The summed E-state index contributed by atoms with van der Waals surface area (Å²) in [7, 11) is 5.84. The number of nitrogens with zero attached hydrogens (tertiary/aromatic N) is 3. The number of benzene rings is 1. The van der Waals surface area contributed by atoms with E-state index in [9.17, 15) is 4.39 Å². The van der Waals surface area contributed by atoms with Crippen molar-refractivity contribution in [2.24, 2.45) is 7.05 Å². The highest BCUT2D eigenvalue weighted by atomic mass is 19.1. The van der Waals surface area contributed by atoms with Crippen molar-refractivity contribution in [2.45, 2.75) is 13.5 Å². The van der Waals surface area contributed by atoms with Crippen molar-refractivity contribution in [3.8, 4) is 0 Å². The number of anilines is 2. The van der Waals surface area contributed by atoms with E-state index in [4.69, 9.17) is 0 Å². The third kappa shape index (κ3) is 2.86. The second-order valence-electron chi connectivity index (χ2n) is 4.84. The Labute approximate surface area is 112 Å². The molecule has 2 rings (SSSR count). The highest BCUT2D eigenvalue weighted by Crippen LogP contribution is 2.17. The molecule has 1 aromatic heterocycles. The third-order valence-corrected chi connectivity index (χ3v) is 3.04. The molecule has 0 fully saturated rings. The minimum absolute atomic E-state index is 0.227. The lowest BCUT2D eigenvalue weighted by molar-refractivity contribution is 0.628. The zero-order chi connectivity index (χ0) is 14.0. The Morgan fingerprint density at radius 1 is 1.37 bits per heavy atom. The van der Waals surface area contributed by atoms with Crippen LogP contribution >= 0.6 is 0 Å². The minimum Gasteiger partial charge on any atom is -0.377 e. The molecule has 0 saturated carbocycles. The average Bonchev–Trinajstić information content (AvgIpc) is 2.70. The summed E-state index contributed by atoms with van der Waals surface area (Å²) in [5.41, 5.74) is 2.43. The molecule has 1 heterocycles. The lowest BCUT2D eigenvalue weighted by Gasteiger charge is -2.13. The van der Waals surface area contributed by atoms with Crippen LogP contribution in [0.15, 0.2) is 24.4 Å². The molecule has 2 aromatic rings. The number of imidazole rings is 1. The van der Waals surface area contributed by atoms with Gasteiger partial charge < -0.3 is 14.8 Å². The summed E-state index contributed by atoms with van der Waals surface area (Å²) >= 11 is 0. The maximum Gasteiger partial charge on any atom is 0.204 e. The molecule has 0 saturated heterocycles. The zero-order valence-corrected chi connectivity index (χ0v) is 11.7. The zero-order valence-electron chi connectivity index (χ0n) is 11.7. The number of hydrogen-bond donors (Lipinski definition) is 1. The molecule has 0 aliphatic rings. The van der Waals surface area contributed by atoms with E-state index in [-0.39, 0.29) is 5.82 Å². The molecule has 0 unspecified atom stereocenters. The summed E-state index contributed by atoms with van der Waals surface area (Å²) in [4.78, 5) is 6.26. The summed E-state index contributed by atoms with van der Waals surface area (Å²) in [5, 5.41) is 3.10. The van der Waals surface area contributed by atoms with Crippen LogP contribution in [-0.2, 0) is 13.6 Å². The predicted octanol–water partition coefficient (Wildman–Crippen LogP) is 2.55. The van der Waals surface area contributed by atoms with Crippen LogP contribution in [-0.4, -0.2) is 23.6 Å². The highest BCUT2D eigenvalue weighted by Gasteiger charge is 2.08. The summed E-state index contributed by atoms with van der Waals surface area (Å²) in [6.45, 7) is 2.41. The van der Waals surface area contributed by atoms with Gasteiger partial charge in [0.2, 0.25) is 5.95 Å². The molecular formula is C14H19FN4. The van der Waals surface area contributed by atoms with Gasteiger partial charge in [-0.3, -0.25) is 0 Å². The van der Waals surface area contributed by atoms with E-state index in [1.54, 1.807) is 12.3 Å². The van der Waals surface area contributed by atoms with Crippen molar-refractivity contribution < 1.29 is 4.39 Å². The molecule has 102 valence electrons. The van der Waals surface area contributed by atoms with Gasteiger partial charge in [-0.1, -0.05) is 6.07 Å². The van der Waals surface area contributed by atoms with Gasteiger partial charge in [-0.25, -0.2) is 9.37 Å². The summed E-state index contributed by atoms with van der Waals surface area (Å²) in [6.07, 6.45) is 1.80. The Hall–Kier alpha value is -2.04. The molecule has 4 nitrogen and oxygen atoms in total. The monoisotopic (exact) mass is 262 g/mol. The van der Waals surface area contributed by atoms with Crippen LogP contribution in [0.1, 0.15) is 11.3 Å². The van der Waals surface area contributed by atoms with Gasteiger partial charge in [-0.15, -0.1) is 0 Å². The van der Waals surface area contributed by atoms with Crippen molar-refractivity contribution in [3.63, 3.8) is 0 Å². The van der Waals surface area contributed by atoms with Gasteiger partial charge in [0, 0.05) is 21.1 Å². The standard InChI is InChI=1S/C14H19FN4/c1-10-5-6-13(12(15)7-10)16-8-11-9-17-14(18(2)3)19(11)4/h5-7,9,16H,8H2,1-4H3. The van der Waals surface area contributed by atoms with Crippen LogP contribution in [0.4, 0.5) is 16.0 Å². The average molecular weight is 262 g/mol. The molecule has 0 aliphatic heterocycles. The Kier molecular flexibility index (Phi) is 3.74. The fourth-order valence-corrected chi connectivity index (χ4v) is 1.96. The largest absolute Gasteiger partial charge is 0.377 e. The van der Waals surface area contributed by atoms with Crippen molar-refractivity contribution in [1.82, 2.24) is 9.55 Å². The number of aromatic nitrogens is 2. The predicted molar refractivity (Wildman–Crippen MR) is 76.0 cm³/mol. The molecule has 1 N–H and O–H groups in total. The third-order valence-electron chi connectivity index (χ3n) is 3.04. The fraction of sp³-hybridized carbons (Fsp3) is 0.357. The molecule has 1 aromatic carbocycles. The molecule has 0 amide bonds. The molecule has 0 spiro atoms. The highest BCUT2D eigenvalue weighted by molar-refractivity contribution is 5.46. The van der Waals surface area contributed by atoms with Gasteiger partial charge in [0.05, 0.1) is 24.1 Å². The normalized spacial score (nSPS) is 10.6. The smallest absolute Gasteiger partial charge is 0.204 e. The Balaban J connectivity index is 2.10. The van der Waals surface area contributed by atoms with Gasteiger partial charge in [0.25, 0.3) is 0 Å². The van der Waals surface area contributed by atoms with Crippen molar-refractivity contribution >= 4 is 11.6 Å². The lowest BCUT2D eigenvalue weighted by Crippen LogP contribution is -2.15. The number of nitrogens with one attached hydrogen (secondary N) is 1. The van der Waals surface area contributed by atoms with Crippen LogP contribution < -0.4 is 10.2 Å². The summed E-state index contributed by atoms with van der Waals surface area (Å²) in [5.74, 6) is 0.649. The van der Waals surface area contributed by atoms with Gasteiger partial charge in [0.15, 0.2) is 0 Å². The second kappa shape index (κ2) is 5.30. The first-order chi connectivity index (χ1) is 8.99. The summed E-state index contributed by atoms with van der Waals surface area (Å²) < 4.78 is 15.7. The van der Waals surface area contributed by atoms with Gasteiger partial charge >= 0.3 is 0 Å².